The molecule has 1 aliphatic heterocycles. The molecular formula is C18H20BrNO3. The number of fused-ring (bicyclic) bond motifs is 1. The van der Waals surface area contributed by atoms with Crippen LogP contribution in [0.2, 0.25) is 0 Å². The lowest BCUT2D eigenvalue weighted by Gasteiger charge is -2.24. The molecule has 0 spiro atoms. The summed E-state index contributed by atoms with van der Waals surface area (Å²) in [5.41, 5.74) is 3.37. The third-order valence-electron chi connectivity index (χ3n) is 4.31. The van der Waals surface area contributed by atoms with Crippen LogP contribution in [0.1, 0.15) is 24.8 Å². The zero-order chi connectivity index (χ0) is 16.4. The molecule has 122 valence electrons. The Labute approximate surface area is 144 Å². The van der Waals surface area contributed by atoms with Gasteiger partial charge in [0.25, 0.3) is 5.91 Å². The van der Waals surface area contributed by atoms with Gasteiger partial charge in [0, 0.05) is 17.1 Å². The summed E-state index contributed by atoms with van der Waals surface area (Å²) in [4.78, 5) is 14.2. The molecule has 5 heteroatoms. The molecule has 23 heavy (non-hydrogen) atoms. The van der Waals surface area contributed by atoms with E-state index >= 15 is 0 Å². The van der Waals surface area contributed by atoms with Gasteiger partial charge in [0.1, 0.15) is 0 Å². The second-order valence-corrected chi connectivity index (χ2v) is 6.66. The van der Waals surface area contributed by atoms with Crippen LogP contribution in [0, 0.1) is 0 Å². The molecule has 0 atom stereocenters. The minimum atomic E-state index is 0.0920. The Morgan fingerprint density at radius 3 is 2.70 bits per heavy atom. The first-order chi connectivity index (χ1) is 11.1. The van der Waals surface area contributed by atoms with Crippen molar-refractivity contribution in [2.24, 2.45) is 0 Å². The number of amides is 1. The van der Waals surface area contributed by atoms with Gasteiger partial charge in [-0.2, -0.15) is 0 Å². The maximum atomic E-state index is 12.3. The van der Waals surface area contributed by atoms with Crippen LogP contribution in [0.4, 0.5) is 0 Å². The molecular weight excluding hydrogens is 358 g/mol. The van der Waals surface area contributed by atoms with Crippen molar-refractivity contribution in [1.29, 1.82) is 0 Å². The molecule has 4 nitrogen and oxygen atoms in total. The van der Waals surface area contributed by atoms with Gasteiger partial charge in [0.2, 0.25) is 0 Å². The van der Waals surface area contributed by atoms with Crippen LogP contribution in [0.15, 0.2) is 40.0 Å². The van der Waals surface area contributed by atoms with Crippen molar-refractivity contribution in [2.45, 2.75) is 25.7 Å². The van der Waals surface area contributed by atoms with E-state index in [0.29, 0.717) is 6.54 Å². The van der Waals surface area contributed by atoms with Crippen LogP contribution in [-0.2, 0) is 11.2 Å². The van der Waals surface area contributed by atoms with Crippen molar-refractivity contribution in [3.8, 4) is 11.5 Å². The summed E-state index contributed by atoms with van der Waals surface area (Å²) < 4.78 is 11.7. The Kier molecular flexibility index (Phi) is 4.76. The second kappa shape index (κ2) is 6.79. The highest BCUT2D eigenvalue weighted by Crippen LogP contribution is 2.39. The zero-order valence-corrected chi connectivity index (χ0v) is 15.0. The van der Waals surface area contributed by atoms with Gasteiger partial charge < -0.3 is 14.4 Å². The van der Waals surface area contributed by atoms with Gasteiger partial charge in [-0.15, -0.1) is 0 Å². The minimum absolute atomic E-state index is 0.0920. The zero-order valence-electron chi connectivity index (χ0n) is 13.4. The Morgan fingerprint density at radius 1 is 1.17 bits per heavy atom. The summed E-state index contributed by atoms with van der Waals surface area (Å²) in [5.74, 6) is 1.53. The molecule has 0 fully saturated rings. The molecule has 1 aliphatic carbocycles. The number of benzene rings is 1. The van der Waals surface area contributed by atoms with Crippen LogP contribution in [-0.4, -0.2) is 31.6 Å². The molecule has 1 aromatic rings. The van der Waals surface area contributed by atoms with Gasteiger partial charge in [0.15, 0.2) is 11.5 Å². The van der Waals surface area contributed by atoms with Crippen LogP contribution in [0.25, 0.3) is 0 Å². The fraction of sp³-hybridized carbons (Fsp3) is 0.389. The number of hydrogen-bond acceptors (Lipinski definition) is 3. The van der Waals surface area contributed by atoms with E-state index in [9.17, 15) is 4.79 Å². The average molecular weight is 378 g/mol. The highest BCUT2D eigenvalue weighted by Gasteiger charge is 2.31. The third-order valence-corrected chi connectivity index (χ3v) is 5.08. The molecule has 0 N–H and O–H groups in total. The van der Waals surface area contributed by atoms with E-state index in [4.69, 9.17) is 9.47 Å². The topological polar surface area (TPSA) is 38.8 Å². The lowest BCUT2D eigenvalue weighted by Crippen LogP contribution is -2.28. The van der Waals surface area contributed by atoms with Crippen LogP contribution >= 0.6 is 15.9 Å². The second-order valence-electron chi connectivity index (χ2n) is 5.71. The normalized spacial score (nSPS) is 17.3. The maximum absolute atomic E-state index is 12.3. The number of allylic oxidation sites excluding steroid dienone is 2. The molecule has 0 saturated carbocycles. The van der Waals surface area contributed by atoms with Crippen molar-refractivity contribution in [1.82, 2.24) is 4.90 Å². The molecule has 3 rings (SSSR count). The van der Waals surface area contributed by atoms with E-state index in [1.807, 2.05) is 23.1 Å². The lowest BCUT2D eigenvalue weighted by molar-refractivity contribution is -0.123. The predicted octanol–water partition coefficient (Wildman–Crippen LogP) is 3.81. The van der Waals surface area contributed by atoms with Gasteiger partial charge in [-0.3, -0.25) is 4.79 Å². The van der Waals surface area contributed by atoms with E-state index in [0.717, 1.165) is 52.9 Å². The lowest BCUT2D eigenvalue weighted by atomic mass is 9.99. The van der Waals surface area contributed by atoms with Crippen molar-refractivity contribution in [3.05, 3.63) is 45.6 Å². The smallest absolute Gasteiger partial charge is 0.251 e. The first-order valence-corrected chi connectivity index (χ1v) is 8.55. The Bertz CT molecular complexity index is 694. The Morgan fingerprint density at radius 2 is 1.96 bits per heavy atom. The number of nitrogens with zero attached hydrogens (tertiary/aromatic N) is 1. The summed E-state index contributed by atoms with van der Waals surface area (Å²) in [6.07, 6.45) is 5.66. The SMILES string of the molecule is COc1ccc(CCN2C(=O)C=C3CCCC(Br)=C32)cc1OC. The standard InChI is InChI=1S/C18H20BrNO3/c1-22-15-7-6-12(10-16(15)23-2)8-9-20-17(21)11-13-4-3-5-14(19)18(13)20/h6-7,10-11H,3-5,8-9H2,1-2H3. The largest absolute Gasteiger partial charge is 0.493 e. The Hall–Kier alpha value is -1.75. The van der Waals surface area contributed by atoms with Crippen molar-refractivity contribution < 1.29 is 14.3 Å². The number of hydrogen-bond donors (Lipinski definition) is 0. The molecule has 1 amide bonds. The fourth-order valence-electron chi connectivity index (χ4n) is 3.14. The van der Waals surface area contributed by atoms with Gasteiger partial charge in [0.05, 0.1) is 19.9 Å². The summed E-state index contributed by atoms with van der Waals surface area (Å²) in [6.45, 7) is 0.665. The molecule has 0 saturated heterocycles. The summed E-state index contributed by atoms with van der Waals surface area (Å²) >= 11 is 3.64. The third kappa shape index (κ3) is 3.15. The number of methoxy groups -OCH3 is 2. The first-order valence-electron chi connectivity index (χ1n) is 7.76. The number of carbonyl (C=O) groups is 1. The highest BCUT2D eigenvalue weighted by atomic mass is 79.9. The van der Waals surface area contributed by atoms with E-state index in [1.54, 1.807) is 20.3 Å². The molecule has 1 heterocycles. The first kappa shape index (κ1) is 16.1. The highest BCUT2D eigenvalue weighted by molar-refractivity contribution is 9.11. The van der Waals surface area contributed by atoms with Crippen molar-refractivity contribution in [3.63, 3.8) is 0 Å². The van der Waals surface area contributed by atoms with E-state index < -0.39 is 0 Å². The van der Waals surface area contributed by atoms with E-state index in [2.05, 4.69) is 15.9 Å². The average Bonchev–Trinajstić information content (AvgIpc) is 2.89. The van der Waals surface area contributed by atoms with Crippen LogP contribution in [0.3, 0.4) is 0 Å². The van der Waals surface area contributed by atoms with Crippen molar-refractivity contribution >= 4 is 21.8 Å². The van der Waals surface area contributed by atoms with Gasteiger partial charge in [-0.25, -0.2) is 0 Å². The fourth-order valence-corrected chi connectivity index (χ4v) is 3.89. The van der Waals surface area contributed by atoms with E-state index in [1.165, 1.54) is 5.57 Å². The summed E-state index contributed by atoms with van der Waals surface area (Å²) in [5, 5.41) is 0. The Balaban J connectivity index is 1.75. The van der Waals surface area contributed by atoms with E-state index in [-0.39, 0.29) is 5.91 Å². The molecule has 1 aromatic carbocycles. The molecule has 0 aromatic heterocycles. The minimum Gasteiger partial charge on any atom is -0.493 e. The van der Waals surface area contributed by atoms with Crippen molar-refractivity contribution in [2.75, 3.05) is 20.8 Å². The number of carbonyl (C=O) groups excluding carboxylic acids is 1. The number of halogens is 1. The predicted molar refractivity (Wildman–Crippen MR) is 92.9 cm³/mol. The molecule has 0 radical (unpaired) electrons. The van der Waals surface area contributed by atoms with Crippen LogP contribution < -0.4 is 9.47 Å². The van der Waals surface area contributed by atoms with Gasteiger partial charge in [-0.1, -0.05) is 22.0 Å². The summed E-state index contributed by atoms with van der Waals surface area (Å²) in [7, 11) is 3.26. The number of ether oxygens (including phenoxy) is 2. The monoisotopic (exact) mass is 377 g/mol. The van der Waals surface area contributed by atoms with Gasteiger partial charge in [-0.05, 0) is 49.0 Å². The van der Waals surface area contributed by atoms with Gasteiger partial charge >= 0.3 is 0 Å². The quantitative estimate of drug-likeness (QED) is 0.782. The number of rotatable bonds is 5. The van der Waals surface area contributed by atoms with Crippen LogP contribution in [0.5, 0.6) is 11.5 Å². The summed E-state index contributed by atoms with van der Waals surface area (Å²) in [6, 6.07) is 5.89. The molecule has 0 bridgehead atoms. The molecule has 0 unspecified atom stereocenters. The molecule has 2 aliphatic rings. The maximum Gasteiger partial charge on any atom is 0.251 e.